The van der Waals surface area contributed by atoms with Crippen molar-refractivity contribution in [1.82, 2.24) is 4.98 Å². The van der Waals surface area contributed by atoms with Gasteiger partial charge in [-0.2, -0.15) is 0 Å². The number of benzene rings is 1. The zero-order chi connectivity index (χ0) is 14.0. The number of aryl methyl sites for hydroxylation is 1. The maximum Gasteiger partial charge on any atom is 0.264 e. The fraction of sp³-hybridized carbons (Fsp3) is 0.0833. The van der Waals surface area contributed by atoms with Crippen LogP contribution in [0, 0.1) is 6.92 Å². The minimum absolute atomic E-state index is 0.0740. The Labute approximate surface area is 116 Å². The first-order valence-corrected chi connectivity index (χ1v) is 7.26. The van der Waals surface area contributed by atoms with E-state index < -0.39 is 10.0 Å². The number of hydrogen-bond acceptors (Lipinski definition) is 4. The van der Waals surface area contributed by atoms with Crippen LogP contribution in [0.3, 0.4) is 0 Å². The van der Waals surface area contributed by atoms with Gasteiger partial charge in [0.15, 0.2) is 0 Å². The molecule has 0 fully saturated rings. The molecular weight excluding hydrogens is 286 g/mol. The number of nitrogens with one attached hydrogen (secondary N) is 1. The third-order valence-electron chi connectivity index (χ3n) is 2.49. The number of halogens is 1. The van der Waals surface area contributed by atoms with E-state index in [2.05, 4.69) is 9.71 Å². The molecule has 0 saturated carbocycles. The van der Waals surface area contributed by atoms with Crippen molar-refractivity contribution in [2.75, 3.05) is 10.5 Å². The van der Waals surface area contributed by atoms with Crippen LogP contribution >= 0.6 is 11.6 Å². The fourth-order valence-corrected chi connectivity index (χ4v) is 3.20. The van der Waals surface area contributed by atoms with Crippen molar-refractivity contribution in [3.05, 3.63) is 47.2 Å². The number of nitrogens with zero attached hydrogens (tertiary/aromatic N) is 1. The van der Waals surface area contributed by atoms with Crippen LogP contribution in [0.5, 0.6) is 0 Å². The highest BCUT2D eigenvalue weighted by Gasteiger charge is 2.19. The van der Waals surface area contributed by atoms with Crippen molar-refractivity contribution < 1.29 is 8.42 Å². The largest absolute Gasteiger partial charge is 0.398 e. The van der Waals surface area contributed by atoms with Gasteiger partial charge in [0, 0.05) is 0 Å². The lowest BCUT2D eigenvalue weighted by molar-refractivity contribution is 0.601. The van der Waals surface area contributed by atoms with Gasteiger partial charge in [-0.1, -0.05) is 23.7 Å². The predicted molar refractivity (Wildman–Crippen MR) is 75.6 cm³/mol. The summed E-state index contributed by atoms with van der Waals surface area (Å²) in [6, 6.07) is 7.96. The van der Waals surface area contributed by atoms with Crippen LogP contribution < -0.4 is 10.5 Å². The zero-order valence-electron chi connectivity index (χ0n) is 10.1. The van der Waals surface area contributed by atoms with E-state index in [1.165, 1.54) is 18.3 Å². The lowest BCUT2D eigenvalue weighted by Crippen LogP contribution is -2.16. The minimum atomic E-state index is -3.75. The second-order valence-corrected chi connectivity index (χ2v) is 5.97. The van der Waals surface area contributed by atoms with Crippen molar-refractivity contribution in [1.29, 1.82) is 0 Å². The van der Waals surface area contributed by atoms with E-state index in [9.17, 15) is 8.42 Å². The first-order valence-electron chi connectivity index (χ1n) is 5.39. The Morgan fingerprint density at radius 1 is 1.26 bits per heavy atom. The molecule has 2 aromatic rings. The maximum atomic E-state index is 12.3. The highest BCUT2D eigenvalue weighted by Crippen LogP contribution is 2.24. The summed E-state index contributed by atoms with van der Waals surface area (Å²) >= 11 is 5.64. The van der Waals surface area contributed by atoms with Gasteiger partial charge in [0.2, 0.25) is 0 Å². The van der Waals surface area contributed by atoms with Gasteiger partial charge in [0.05, 0.1) is 17.6 Å². The summed E-state index contributed by atoms with van der Waals surface area (Å²) < 4.78 is 27.0. The van der Waals surface area contributed by atoms with Gasteiger partial charge in [-0.15, -0.1) is 0 Å². The summed E-state index contributed by atoms with van der Waals surface area (Å²) in [4.78, 5) is 3.88. The molecule has 0 unspecified atom stereocenters. The molecule has 0 saturated heterocycles. The molecule has 0 spiro atoms. The molecule has 1 aromatic carbocycles. The van der Waals surface area contributed by atoms with Crippen LogP contribution in [0.25, 0.3) is 0 Å². The summed E-state index contributed by atoms with van der Waals surface area (Å²) in [6.45, 7) is 1.69. The molecule has 1 heterocycles. The molecular formula is C12H12ClN3O2S. The van der Waals surface area contributed by atoms with Crippen LogP contribution in [0.1, 0.15) is 5.56 Å². The van der Waals surface area contributed by atoms with Crippen molar-refractivity contribution in [2.24, 2.45) is 0 Å². The molecule has 0 aliphatic carbocycles. The molecule has 0 amide bonds. The molecule has 2 rings (SSSR count). The highest BCUT2D eigenvalue weighted by atomic mass is 35.5. The second-order valence-electron chi connectivity index (χ2n) is 3.97. The van der Waals surface area contributed by atoms with E-state index in [1.54, 1.807) is 25.1 Å². The molecule has 3 N–H and O–H groups in total. The molecule has 0 atom stereocenters. The number of pyridine rings is 1. The average Bonchev–Trinajstić information content (AvgIpc) is 2.31. The van der Waals surface area contributed by atoms with Crippen LogP contribution in [0.2, 0.25) is 5.15 Å². The molecule has 0 aliphatic heterocycles. The van der Waals surface area contributed by atoms with Crippen molar-refractivity contribution in [3.8, 4) is 0 Å². The molecule has 0 radical (unpaired) electrons. The molecule has 0 aliphatic rings. The Hall–Kier alpha value is -1.79. The number of sulfonamides is 1. The van der Waals surface area contributed by atoms with Crippen LogP contribution in [0.4, 0.5) is 11.4 Å². The van der Waals surface area contributed by atoms with E-state index in [-0.39, 0.29) is 10.6 Å². The Kier molecular flexibility index (Phi) is 3.64. The van der Waals surface area contributed by atoms with E-state index in [0.29, 0.717) is 16.4 Å². The number of anilines is 2. The molecule has 100 valence electrons. The number of rotatable bonds is 3. The van der Waals surface area contributed by atoms with Crippen molar-refractivity contribution in [2.45, 2.75) is 11.8 Å². The first-order chi connectivity index (χ1) is 8.90. The van der Waals surface area contributed by atoms with Crippen molar-refractivity contribution in [3.63, 3.8) is 0 Å². The van der Waals surface area contributed by atoms with Gasteiger partial charge in [0.25, 0.3) is 10.0 Å². The Balaban J connectivity index is 2.41. The number of nitrogens with two attached hydrogens (primary N) is 1. The number of hydrogen-bond donors (Lipinski definition) is 2. The maximum absolute atomic E-state index is 12.3. The van der Waals surface area contributed by atoms with E-state index in [4.69, 9.17) is 17.3 Å². The van der Waals surface area contributed by atoms with Gasteiger partial charge < -0.3 is 5.73 Å². The molecule has 0 bridgehead atoms. The predicted octanol–water partition coefficient (Wildman–Crippen LogP) is 2.43. The van der Waals surface area contributed by atoms with Gasteiger partial charge in [-0.25, -0.2) is 13.4 Å². The summed E-state index contributed by atoms with van der Waals surface area (Å²) in [5.74, 6) is 0. The van der Waals surface area contributed by atoms with Crippen LogP contribution in [-0.4, -0.2) is 13.4 Å². The molecule has 5 nitrogen and oxygen atoms in total. The number of aromatic nitrogens is 1. The van der Waals surface area contributed by atoms with Gasteiger partial charge in [-0.3, -0.25) is 4.72 Å². The quantitative estimate of drug-likeness (QED) is 0.673. The lowest BCUT2D eigenvalue weighted by Gasteiger charge is -2.12. The standard InChI is InChI=1S/C12H12ClN3O2S/c1-8-3-2-4-10(14)12(8)19(17,18)16-9-5-6-11(13)15-7-9/h2-7,16H,14H2,1H3. The minimum Gasteiger partial charge on any atom is -0.398 e. The van der Waals surface area contributed by atoms with E-state index >= 15 is 0 Å². The molecule has 1 aromatic heterocycles. The van der Waals surface area contributed by atoms with Gasteiger partial charge in [-0.05, 0) is 30.7 Å². The Morgan fingerprint density at radius 3 is 2.58 bits per heavy atom. The SMILES string of the molecule is Cc1cccc(N)c1S(=O)(=O)Nc1ccc(Cl)nc1. The monoisotopic (exact) mass is 297 g/mol. The van der Waals surface area contributed by atoms with Crippen LogP contribution in [-0.2, 0) is 10.0 Å². The van der Waals surface area contributed by atoms with Gasteiger partial charge >= 0.3 is 0 Å². The summed E-state index contributed by atoms with van der Waals surface area (Å²) in [5, 5.41) is 0.290. The zero-order valence-corrected chi connectivity index (χ0v) is 11.7. The highest BCUT2D eigenvalue weighted by molar-refractivity contribution is 7.93. The first kappa shape index (κ1) is 13.6. The third kappa shape index (κ3) is 2.97. The normalized spacial score (nSPS) is 11.3. The summed E-state index contributed by atoms with van der Waals surface area (Å²) in [6.07, 6.45) is 1.34. The third-order valence-corrected chi connectivity index (χ3v) is 4.31. The topological polar surface area (TPSA) is 85.1 Å². The van der Waals surface area contributed by atoms with E-state index in [0.717, 1.165) is 0 Å². The Bertz CT molecular complexity index is 679. The molecule has 19 heavy (non-hydrogen) atoms. The average molecular weight is 298 g/mol. The van der Waals surface area contributed by atoms with Crippen molar-refractivity contribution >= 4 is 33.0 Å². The number of nitrogen functional groups attached to an aromatic ring is 1. The Morgan fingerprint density at radius 2 is 2.00 bits per heavy atom. The smallest absolute Gasteiger partial charge is 0.264 e. The van der Waals surface area contributed by atoms with Crippen LogP contribution in [0.15, 0.2) is 41.4 Å². The van der Waals surface area contributed by atoms with Gasteiger partial charge in [0.1, 0.15) is 10.0 Å². The fourth-order valence-electron chi connectivity index (χ4n) is 1.68. The molecule has 7 heteroatoms. The van der Waals surface area contributed by atoms with E-state index in [1.807, 2.05) is 0 Å². The second kappa shape index (κ2) is 5.07. The summed E-state index contributed by atoms with van der Waals surface area (Å²) in [7, 11) is -3.75. The lowest BCUT2D eigenvalue weighted by atomic mass is 10.2. The summed E-state index contributed by atoms with van der Waals surface area (Å²) in [5.41, 5.74) is 6.84.